The molecular formula is C10H11BrO3S. The summed E-state index contributed by atoms with van der Waals surface area (Å²) in [7, 11) is -2.86. The first kappa shape index (κ1) is 11.0. The molecule has 0 radical (unpaired) electrons. The van der Waals surface area contributed by atoms with Gasteiger partial charge in [-0.3, -0.25) is 0 Å². The van der Waals surface area contributed by atoms with Gasteiger partial charge in [-0.15, -0.1) is 0 Å². The van der Waals surface area contributed by atoms with Crippen molar-refractivity contribution in [2.75, 3.05) is 11.5 Å². The van der Waals surface area contributed by atoms with E-state index in [0.29, 0.717) is 6.42 Å². The first-order valence-corrected chi connectivity index (χ1v) is 7.29. The Hall–Kier alpha value is -0.550. The van der Waals surface area contributed by atoms with Gasteiger partial charge in [0.15, 0.2) is 9.84 Å². The van der Waals surface area contributed by atoms with Gasteiger partial charge in [-0.05, 0) is 30.7 Å². The maximum Gasteiger partial charge on any atom is 0.154 e. The normalized spacial score (nSPS) is 23.9. The van der Waals surface area contributed by atoms with Crippen LogP contribution in [0.5, 0.6) is 5.75 Å². The van der Waals surface area contributed by atoms with Crippen LogP contribution in [0.4, 0.5) is 0 Å². The van der Waals surface area contributed by atoms with E-state index in [1.54, 1.807) is 0 Å². The Morgan fingerprint density at radius 3 is 2.47 bits per heavy atom. The highest BCUT2D eigenvalue weighted by Gasteiger charge is 2.29. The van der Waals surface area contributed by atoms with Crippen LogP contribution in [0.15, 0.2) is 28.7 Å². The second-order valence-corrected chi connectivity index (χ2v) is 6.74. The van der Waals surface area contributed by atoms with Crippen molar-refractivity contribution in [3.63, 3.8) is 0 Å². The van der Waals surface area contributed by atoms with Crippen LogP contribution in [0.25, 0.3) is 0 Å². The molecule has 0 aromatic heterocycles. The fraction of sp³-hybridized carbons (Fsp3) is 0.400. The number of hydrogen-bond acceptors (Lipinski definition) is 3. The highest BCUT2D eigenvalue weighted by atomic mass is 79.9. The minimum absolute atomic E-state index is 0.142. The summed E-state index contributed by atoms with van der Waals surface area (Å²) in [4.78, 5) is 0. The van der Waals surface area contributed by atoms with E-state index in [1.807, 2.05) is 24.3 Å². The minimum Gasteiger partial charge on any atom is -0.489 e. The van der Waals surface area contributed by atoms with E-state index in [-0.39, 0.29) is 17.6 Å². The molecule has 1 saturated heterocycles. The van der Waals surface area contributed by atoms with Gasteiger partial charge in [0.2, 0.25) is 0 Å². The fourth-order valence-corrected chi connectivity index (χ4v) is 3.41. The summed E-state index contributed by atoms with van der Waals surface area (Å²) in [5.41, 5.74) is 0. The summed E-state index contributed by atoms with van der Waals surface area (Å²) < 4.78 is 28.9. The molecule has 0 bridgehead atoms. The third-order valence-electron chi connectivity index (χ3n) is 2.31. The van der Waals surface area contributed by atoms with Crippen molar-refractivity contribution in [3.05, 3.63) is 28.7 Å². The predicted octanol–water partition coefficient (Wildman–Crippen LogP) is 2.02. The van der Waals surface area contributed by atoms with Crippen LogP contribution in [0.3, 0.4) is 0 Å². The molecule has 0 N–H and O–H groups in total. The highest BCUT2D eigenvalue weighted by molar-refractivity contribution is 9.10. The van der Waals surface area contributed by atoms with Gasteiger partial charge in [-0.1, -0.05) is 15.9 Å². The van der Waals surface area contributed by atoms with Crippen LogP contribution < -0.4 is 4.74 Å². The number of ether oxygens (including phenoxy) is 1. The monoisotopic (exact) mass is 290 g/mol. The summed E-state index contributed by atoms with van der Waals surface area (Å²) >= 11 is 3.32. The number of benzene rings is 1. The average molecular weight is 291 g/mol. The van der Waals surface area contributed by atoms with E-state index >= 15 is 0 Å². The first-order valence-electron chi connectivity index (χ1n) is 4.68. The Labute approximate surface area is 97.5 Å². The molecule has 1 heterocycles. The lowest BCUT2D eigenvalue weighted by Crippen LogP contribution is -2.17. The molecule has 1 aliphatic heterocycles. The zero-order chi connectivity index (χ0) is 10.9. The van der Waals surface area contributed by atoms with Crippen molar-refractivity contribution in [2.45, 2.75) is 12.5 Å². The highest BCUT2D eigenvalue weighted by Crippen LogP contribution is 2.21. The summed E-state index contributed by atoms with van der Waals surface area (Å²) in [6, 6.07) is 7.40. The number of halogens is 1. The smallest absolute Gasteiger partial charge is 0.154 e. The van der Waals surface area contributed by atoms with E-state index in [1.165, 1.54) is 0 Å². The molecule has 0 saturated carbocycles. The third-order valence-corrected chi connectivity index (χ3v) is 4.57. The van der Waals surface area contributed by atoms with Gasteiger partial charge in [-0.25, -0.2) is 8.42 Å². The lowest BCUT2D eigenvalue weighted by Gasteiger charge is -2.11. The van der Waals surface area contributed by atoms with Crippen LogP contribution in [-0.2, 0) is 9.84 Å². The molecular weight excluding hydrogens is 280 g/mol. The van der Waals surface area contributed by atoms with Gasteiger partial charge in [0.25, 0.3) is 0 Å². The van der Waals surface area contributed by atoms with Crippen molar-refractivity contribution < 1.29 is 13.2 Å². The van der Waals surface area contributed by atoms with Gasteiger partial charge in [0, 0.05) is 4.47 Å². The number of hydrogen-bond donors (Lipinski definition) is 0. The molecule has 2 rings (SSSR count). The average Bonchev–Trinajstić information content (AvgIpc) is 2.50. The van der Waals surface area contributed by atoms with E-state index in [0.717, 1.165) is 10.2 Å². The topological polar surface area (TPSA) is 43.4 Å². The van der Waals surface area contributed by atoms with E-state index in [9.17, 15) is 8.42 Å². The Morgan fingerprint density at radius 2 is 1.93 bits per heavy atom. The van der Waals surface area contributed by atoms with Gasteiger partial charge < -0.3 is 4.74 Å². The largest absolute Gasteiger partial charge is 0.489 e. The third kappa shape index (κ3) is 2.95. The van der Waals surface area contributed by atoms with Gasteiger partial charge in [-0.2, -0.15) is 0 Å². The predicted molar refractivity (Wildman–Crippen MR) is 61.8 cm³/mol. The van der Waals surface area contributed by atoms with Crippen molar-refractivity contribution in [3.8, 4) is 5.75 Å². The summed E-state index contributed by atoms with van der Waals surface area (Å²) in [6.07, 6.45) is 0.412. The van der Waals surface area contributed by atoms with Crippen molar-refractivity contribution >= 4 is 25.8 Å². The lowest BCUT2D eigenvalue weighted by molar-refractivity contribution is 0.229. The van der Waals surface area contributed by atoms with Gasteiger partial charge in [0.05, 0.1) is 11.5 Å². The standard InChI is InChI=1S/C10H11BrO3S/c11-8-1-3-9(4-2-8)14-10-5-6-15(12,13)7-10/h1-4,10H,5-7H2/t10-/m0/s1. The molecule has 1 atom stereocenters. The molecule has 0 aliphatic carbocycles. The van der Waals surface area contributed by atoms with Gasteiger partial charge in [0.1, 0.15) is 11.9 Å². The first-order chi connectivity index (χ1) is 7.05. The minimum atomic E-state index is -2.86. The zero-order valence-corrected chi connectivity index (χ0v) is 10.4. The molecule has 1 fully saturated rings. The van der Waals surface area contributed by atoms with Crippen LogP contribution in [0, 0.1) is 0 Å². The van der Waals surface area contributed by atoms with Crippen LogP contribution >= 0.6 is 15.9 Å². The summed E-state index contributed by atoms with van der Waals surface area (Å²) in [6.45, 7) is 0. The van der Waals surface area contributed by atoms with Crippen molar-refractivity contribution in [1.82, 2.24) is 0 Å². The van der Waals surface area contributed by atoms with E-state index in [4.69, 9.17) is 4.74 Å². The van der Waals surface area contributed by atoms with E-state index in [2.05, 4.69) is 15.9 Å². The summed E-state index contributed by atoms with van der Waals surface area (Å²) in [5.74, 6) is 1.11. The molecule has 1 aliphatic rings. The zero-order valence-electron chi connectivity index (χ0n) is 8.02. The second kappa shape index (κ2) is 4.14. The molecule has 15 heavy (non-hydrogen) atoms. The maximum absolute atomic E-state index is 11.2. The molecule has 0 amide bonds. The van der Waals surface area contributed by atoms with Crippen LogP contribution in [0.1, 0.15) is 6.42 Å². The molecule has 1 aromatic carbocycles. The Morgan fingerprint density at radius 1 is 1.27 bits per heavy atom. The molecule has 0 spiro atoms. The number of rotatable bonds is 2. The molecule has 0 unspecified atom stereocenters. The maximum atomic E-state index is 11.2. The lowest BCUT2D eigenvalue weighted by atomic mass is 10.3. The van der Waals surface area contributed by atoms with Crippen molar-refractivity contribution in [2.24, 2.45) is 0 Å². The molecule has 5 heteroatoms. The molecule has 82 valence electrons. The summed E-state index contributed by atoms with van der Waals surface area (Å²) in [5, 5.41) is 0. The van der Waals surface area contributed by atoms with Crippen LogP contribution in [-0.4, -0.2) is 26.0 Å². The van der Waals surface area contributed by atoms with Crippen molar-refractivity contribution in [1.29, 1.82) is 0 Å². The second-order valence-electron chi connectivity index (χ2n) is 3.60. The van der Waals surface area contributed by atoms with Gasteiger partial charge >= 0.3 is 0 Å². The fourth-order valence-electron chi connectivity index (χ4n) is 1.56. The Bertz CT molecular complexity index is 438. The Kier molecular flexibility index (Phi) is 3.02. The molecule has 3 nitrogen and oxygen atoms in total. The Balaban J connectivity index is 2.02. The van der Waals surface area contributed by atoms with E-state index < -0.39 is 9.84 Å². The SMILES string of the molecule is O=S1(=O)CC[C@H](Oc2ccc(Br)cc2)C1. The number of sulfone groups is 1. The van der Waals surface area contributed by atoms with Crippen LogP contribution in [0.2, 0.25) is 0 Å². The molecule has 1 aromatic rings. The quantitative estimate of drug-likeness (QED) is 0.837.